The van der Waals surface area contributed by atoms with Gasteiger partial charge in [-0.1, -0.05) is 23.4 Å². The molecule has 0 bridgehead atoms. The molecule has 0 amide bonds. The summed E-state index contributed by atoms with van der Waals surface area (Å²) in [5.41, 5.74) is 1.26. The first-order valence-corrected chi connectivity index (χ1v) is 10.9. The zero-order valence-electron chi connectivity index (χ0n) is 16.6. The predicted molar refractivity (Wildman–Crippen MR) is 104 cm³/mol. The molecular weight excluding hydrogens is 394 g/mol. The summed E-state index contributed by atoms with van der Waals surface area (Å²) in [6.45, 7) is 7.11. The Balaban J connectivity index is 1.44. The molecule has 1 fully saturated rings. The van der Waals surface area contributed by atoms with Crippen molar-refractivity contribution in [3.8, 4) is 11.5 Å². The SMILES string of the molecule is Cc1noc(C)c1S(=O)(=O)N1CCN(C(C)c2nnc(-c3ccccc3)o2)CC1. The van der Waals surface area contributed by atoms with Crippen LogP contribution in [0.15, 0.2) is 44.2 Å². The molecule has 0 radical (unpaired) electrons. The van der Waals surface area contributed by atoms with Gasteiger partial charge in [-0.3, -0.25) is 4.90 Å². The van der Waals surface area contributed by atoms with Gasteiger partial charge in [0.15, 0.2) is 5.76 Å². The van der Waals surface area contributed by atoms with Crippen molar-refractivity contribution in [1.82, 2.24) is 24.6 Å². The van der Waals surface area contributed by atoms with Gasteiger partial charge in [-0.05, 0) is 32.9 Å². The molecule has 3 aromatic rings. The van der Waals surface area contributed by atoms with Crippen LogP contribution in [0, 0.1) is 13.8 Å². The number of piperazine rings is 1. The summed E-state index contributed by atoms with van der Waals surface area (Å²) >= 11 is 0. The van der Waals surface area contributed by atoms with Gasteiger partial charge >= 0.3 is 0 Å². The van der Waals surface area contributed by atoms with Crippen molar-refractivity contribution in [1.29, 1.82) is 0 Å². The standard InChI is InChI=1S/C19H23N5O4S/c1-13-17(15(3)28-22-13)29(25,26)24-11-9-23(10-12-24)14(2)18-20-21-19(27-18)16-7-5-4-6-8-16/h4-8,14H,9-12H2,1-3H3. The maximum atomic E-state index is 13.0. The van der Waals surface area contributed by atoms with Gasteiger partial charge < -0.3 is 8.94 Å². The van der Waals surface area contributed by atoms with Gasteiger partial charge in [-0.25, -0.2) is 8.42 Å². The first kappa shape index (κ1) is 19.7. The van der Waals surface area contributed by atoms with Crippen molar-refractivity contribution in [3.05, 3.63) is 47.7 Å². The third-order valence-corrected chi connectivity index (χ3v) is 7.35. The summed E-state index contributed by atoms with van der Waals surface area (Å²) in [7, 11) is -3.63. The molecule has 1 saturated heterocycles. The Labute approximate surface area is 169 Å². The second kappa shape index (κ2) is 7.69. The van der Waals surface area contributed by atoms with Crippen molar-refractivity contribution < 1.29 is 17.4 Å². The van der Waals surface area contributed by atoms with E-state index in [0.717, 1.165) is 5.56 Å². The molecule has 29 heavy (non-hydrogen) atoms. The van der Waals surface area contributed by atoms with Crippen LogP contribution in [-0.4, -0.2) is 59.2 Å². The van der Waals surface area contributed by atoms with Gasteiger partial charge in [-0.15, -0.1) is 10.2 Å². The Hall–Kier alpha value is -2.56. The van der Waals surface area contributed by atoms with Crippen molar-refractivity contribution in [2.75, 3.05) is 26.2 Å². The van der Waals surface area contributed by atoms with Gasteiger partial charge in [0.25, 0.3) is 0 Å². The van der Waals surface area contributed by atoms with Crippen LogP contribution >= 0.6 is 0 Å². The highest BCUT2D eigenvalue weighted by Gasteiger charge is 2.35. The molecule has 3 heterocycles. The summed E-state index contributed by atoms with van der Waals surface area (Å²) < 4.78 is 38.3. The van der Waals surface area contributed by atoms with E-state index in [4.69, 9.17) is 8.94 Å². The maximum Gasteiger partial charge on any atom is 0.248 e. The number of hydrogen-bond donors (Lipinski definition) is 0. The minimum Gasteiger partial charge on any atom is -0.419 e. The fraction of sp³-hybridized carbons (Fsp3) is 0.421. The van der Waals surface area contributed by atoms with Crippen molar-refractivity contribution in [2.45, 2.75) is 31.7 Å². The third-order valence-electron chi connectivity index (χ3n) is 5.21. The molecular formula is C19H23N5O4S. The Morgan fingerprint density at radius 3 is 2.34 bits per heavy atom. The van der Waals surface area contributed by atoms with Crippen molar-refractivity contribution in [3.63, 3.8) is 0 Å². The normalized spacial score (nSPS) is 17.5. The lowest BCUT2D eigenvalue weighted by atomic mass is 10.2. The molecule has 1 unspecified atom stereocenters. The van der Waals surface area contributed by atoms with Gasteiger partial charge in [0.2, 0.25) is 21.8 Å². The summed E-state index contributed by atoms with van der Waals surface area (Å²) in [5.74, 6) is 1.32. The summed E-state index contributed by atoms with van der Waals surface area (Å²) in [5, 5.41) is 12.1. The molecule has 2 aromatic heterocycles. The predicted octanol–water partition coefficient (Wildman–Crippen LogP) is 2.41. The average molecular weight is 417 g/mol. The molecule has 0 spiro atoms. The van der Waals surface area contributed by atoms with Crippen LogP contribution < -0.4 is 0 Å². The molecule has 1 aliphatic heterocycles. The minimum atomic E-state index is -3.63. The van der Waals surface area contributed by atoms with Crippen LogP contribution in [0.3, 0.4) is 0 Å². The molecule has 0 aliphatic carbocycles. The van der Waals surface area contributed by atoms with Gasteiger partial charge in [0.1, 0.15) is 10.6 Å². The highest BCUT2D eigenvalue weighted by molar-refractivity contribution is 7.89. The van der Waals surface area contributed by atoms with E-state index in [9.17, 15) is 8.42 Å². The number of aromatic nitrogens is 3. The number of benzene rings is 1. The van der Waals surface area contributed by atoms with Crippen LogP contribution in [0.1, 0.15) is 30.3 Å². The van der Waals surface area contributed by atoms with Gasteiger partial charge in [0.05, 0.1) is 6.04 Å². The van der Waals surface area contributed by atoms with Crippen LogP contribution in [0.2, 0.25) is 0 Å². The summed E-state index contributed by atoms with van der Waals surface area (Å²) in [6.07, 6.45) is 0. The molecule has 1 aromatic carbocycles. The fourth-order valence-corrected chi connectivity index (χ4v) is 5.27. The number of aryl methyl sites for hydroxylation is 2. The topological polar surface area (TPSA) is 106 Å². The van der Waals surface area contributed by atoms with Crippen LogP contribution in [0.4, 0.5) is 0 Å². The zero-order chi connectivity index (χ0) is 20.6. The minimum absolute atomic E-state index is 0.108. The molecule has 1 atom stereocenters. The molecule has 1 aliphatic rings. The molecule has 0 saturated carbocycles. The fourth-order valence-electron chi connectivity index (χ4n) is 3.56. The Morgan fingerprint density at radius 1 is 1.03 bits per heavy atom. The Morgan fingerprint density at radius 2 is 1.72 bits per heavy atom. The Kier molecular flexibility index (Phi) is 5.24. The van der Waals surface area contributed by atoms with E-state index in [2.05, 4.69) is 20.3 Å². The van der Waals surface area contributed by atoms with Crippen LogP contribution in [0.5, 0.6) is 0 Å². The molecule has 0 N–H and O–H groups in total. The average Bonchev–Trinajstić information content (AvgIpc) is 3.35. The smallest absolute Gasteiger partial charge is 0.248 e. The lowest BCUT2D eigenvalue weighted by molar-refractivity contribution is 0.129. The maximum absolute atomic E-state index is 13.0. The molecule has 4 rings (SSSR count). The number of nitrogens with zero attached hydrogens (tertiary/aromatic N) is 5. The van der Waals surface area contributed by atoms with E-state index >= 15 is 0 Å². The van der Waals surface area contributed by atoms with Crippen molar-refractivity contribution >= 4 is 10.0 Å². The van der Waals surface area contributed by atoms with Gasteiger partial charge in [-0.2, -0.15) is 4.31 Å². The monoisotopic (exact) mass is 417 g/mol. The molecule has 9 nitrogen and oxygen atoms in total. The first-order chi connectivity index (χ1) is 13.9. The second-order valence-electron chi connectivity index (χ2n) is 7.08. The summed E-state index contributed by atoms with van der Waals surface area (Å²) in [6, 6.07) is 9.49. The zero-order valence-corrected chi connectivity index (χ0v) is 17.4. The quantitative estimate of drug-likeness (QED) is 0.623. The lowest BCUT2D eigenvalue weighted by Crippen LogP contribution is -2.49. The number of hydrogen-bond acceptors (Lipinski definition) is 8. The highest BCUT2D eigenvalue weighted by atomic mass is 32.2. The van der Waals surface area contributed by atoms with Crippen molar-refractivity contribution in [2.24, 2.45) is 0 Å². The molecule has 154 valence electrons. The van der Waals surface area contributed by atoms with E-state index in [1.165, 1.54) is 4.31 Å². The van der Waals surface area contributed by atoms with E-state index in [1.54, 1.807) is 13.8 Å². The highest BCUT2D eigenvalue weighted by Crippen LogP contribution is 2.27. The number of sulfonamides is 1. The van der Waals surface area contributed by atoms with Gasteiger partial charge in [0, 0.05) is 31.7 Å². The number of rotatable bonds is 5. The van der Waals surface area contributed by atoms with E-state index in [1.807, 2.05) is 37.3 Å². The Bertz CT molecular complexity index is 1070. The lowest BCUT2D eigenvalue weighted by Gasteiger charge is -2.36. The largest absolute Gasteiger partial charge is 0.419 e. The summed E-state index contributed by atoms with van der Waals surface area (Å²) in [4.78, 5) is 2.31. The van der Waals surface area contributed by atoms with Crippen LogP contribution in [-0.2, 0) is 10.0 Å². The van der Waals surface area contributed by atoms with E-state index in [0.29, 0.717) is 49.4 Å². The third kappa shape index (κ3) is 3.70. The second-order valence-corrected chi connectivity index (χ2v) is 8.96. The van der Waals surface area contributed by atoms with E-state index in [-0.39, 0.29) is 10.9 Å². The first-order valence-electron chi connectivity index (χ1n) is 9.44. The van der Waals surface area contributed by atoms with Crippen LogP contribution in [0.25, 0.3) is 11.5 Å². The molecule has 10 heteroatoms. The van der Waals surface area contributed by atoms with E-state index < -0.39 is 10.0 Å².